The number of anilines is 2. The molecule has 0 fully saturated rings. The Morgan fingerprint density at radius 3 is 2.87 bits per heavy atom. The number of carboxylic acid groups (broad SMARTS) is 1. The van der Waals surface area contributed by atoms with E-state index in [4.69, 9.17) is 5.11 Å². The molecule has 1 aliphatic heterocycles. The molecule has 0 radical (unpaired) electrons. The zero-order valence-corrected chi connectivity index (χ0v) is 7.50. The second-order valence-corrected chi connectivity index (χ2v) is 3.05. The number of nitrogens with one attached hydrogen (secondary N) is 2. The summed E-state index contributed by atoms with van der Waals surface area (Å²) in [5.41, 5.74) is -0.0559. The third-order valence-electron chi connectivity index (χ3n) is 2.07. The molecule has 1 aromatic rings. The van der Waals surface area contributed by atoms with Crippen LogP contribution in [0.3, 0.4) is 0 Å². The molecule has 0 bridgehead atoms. The van der Waals surface area contributed by atoms with E-state index < -0.39 is 17.3 Å². The molecule has 0 unspecified atom stereocenters. The molecule has 78 valence electrons. The number of benzene rings is 1. The number of halogens is 1. The van der Waals surface area contributed by atoms with Gasteiger partial charge in [-0.15, -0.1) is 0 Å². The van der Waals surface area contributed by atoms with Gasteiger partial charge in [-0.25, -0.2) is 9.18 Å². The van der Waals surface area contributed by atoms with Crippen LogP contribution < -0.4 is 10.6 Å². The summed E-state index contributed by atoms with van der Waals surface area (Å²) in [5, 5.41) is 13.8. The summed E-state index contributed by atoms with van der Waals surface area (Å²) in [7, 11) is 0. The largest absolute Gasteiger partial charge is 0.478 e. The van der Waals surface area contributed by atoms with Crippen LogP contribution in [0.4, 0.5) is 15.8 Å². The molecule has 0 saturated carbocycles. The van der Waals surface area contributed by atoms with Crippen molar-refractivity contribution in [1.82, 2.24) is 0 Å². The maximum atomic E-state index is 13.2. The second kappa shape index (κ2) is 3.23. The van der Waals surface area contributed by atoms with Gasteiger partial charge in [0.25, 0.3) is 0 Å². The number of amides is 1. The number of carboxylic acids is 1. The van der Waals surface area contributed by atoms with Crippen LogP contribution in [0.1, 0.15) is 10.4 Å². The normalized spacial score (nSPS) is 13.8. The van der Waals surface area contributed by atoms with Crippen LogP contribution in [0.2, 0.25) is 0 Å². The van der Waals surface area contributed by atoms with E-state index in [1.54, 1.807) is 0 Å². The molecule has 1 aliphatic rings. The van der Waals surface area contributed by atoms with Gasteiger partial charge in [0.15, 0.2) is 0 Å². The molecular weight excluding hydrogens is 203 g/mol. The molecule has 0 aromatic heterocycles. The first-order chi connectivity index (χ1) is 7.09. The van der Waals surface area contributed by atoms with Crippen molar-refractivity contribution in [3.8, 4) is 0 Å². The standard InChI is InChI=1S/C9H7FN2O3/c10-4-1-2-5-8(7(4)9(14)15)11-3-6(13)12-5/h1-2,11H,3H2,(H,12,13)(H,14,15). The summed E-state index contributed by atoms with van der Waals surface area (Å²) in [6.07, 6.45) is 0. The zero-order chi connectivity index (χ0) is 11.0. The Morgan fingerprint density at radius 2 is 2.20 bits per heavy atom. The molecule has 0 spiro atoms. The van der Waals surface area contributed by atoms with E-state index in [1.165, 1.54) is 6.07 Å². The lowest BCUT2D eigenvalue weighted by atomic mass is 10.1. The van der Waals surface area contributed by atoms with Crippen LogP contribution in [0, 0.1) is 5.82 Å². The third-order valence-corrected chi connectivity index (χ3v) is 2.07. The minimum Gasteiger partial charge on any atom is -0.478 e. The highest BCUT2D eigenvalue weighted by Crippen LogP contribution is 2.30. The van der Waals surface area contributed by atoms with Crippen molar-refractivity contribution in [3.05, 3.63) is 23.5 Å². The van der Waals surface area contributed by atoms with E-state index in [9.17, 15) is 14.0 Å². The summed E-state index contributed by atoms with van der Waals surface area (Å²) >= 11 is 0. The van der Waals surface area contributed by atoms with Crippen molar-refractivity contribution >= 4 is 23.3 Å². The number of rotatable bonds is 1. The second-order valence-electron chi connectivity index (χ2n) is 3.05. The molecule has 3 N–H and O–H groups in total. The zero-order valence-electron chi connectivity index (χ0n) is 7.50. The van der Waals surface area contributed by atoms with Crippen LogP contribution in [-0.4, -0.2) is 23.5 Å². The van der Waals surface area contributed by atoms with E-state index in [0.717, 1.165) is 6.07 Å². The number of carbonyl (C=O) groups is 2. The van der Waals surface area contributed by atoms with E-state index in [0.29, 0.717) is 0 Å². The van der Waals surface area contributed by atoms with Gasteiger partial charge in [-0.1, -0.05) is 0 Å². The molecule has 2 rings (SSSR count). The SMILES string of the molecule is O=C1CNc2c(ccc(F)c2C(=O)O)N1. The fourth-order valence-corrected chi connectivity index (χ4v) is 1.44. The molecular formula is C9H7FN2O3. The molecule has 1 heterocycles. The Hall–Kier alpha value is -2.11. The maximum absolute atomic E-state index is 13.2. The van der Waals surface area contributed by atoms with E-state index in [1.807, 2.05) is 0 Å². The summed E-state index contributed by atoms with van der Waals surface area (Å²) < 4.78 is 13.2. The van der Waals surface area contributed by atoms with Crippen LogP contribution in [0.15, 0.2) is 12.1 Å². The molecule has 0 saturated heterocycles. The Morgan fingerprint density at radius 1 is 1.47 bits per heavy atom. The van der Waals surface area contributed by atoms with Gasteiger partial charge < -0.3 is 15.7 Å². The van der Waals surface area contributed by atoms with Gasteiger partial charge in [-0.2, -0.15) is 0 Å². The molecule has 1 aromatic carbocycles. The van der Waals surface area contributed by atoms with Gasteiger partial charge in [0.2, 0.25) is 5.91 Å². The molecule has 5 nitrogen and oxygen atoms in total. The predicted octanol–water partition coefficient (Wildman–Crippen LogP) is 0.888. The average molecular weight is 210 g/mol. The number of hydrogen-bond acceptors (Lipinski definition) is 3. The molecule has 1 amide bonds. The highest BCUT2D eigenvalue weighted by Gasteiger charge is 2.23. The number of hydrogen-bond donors (Lipinski definition) is 3. The van der Waals surface area contributed by atoms with E-state index in [-0.39, 0.29) is 23.8 Å². The summed E-state index contributed by atoms with van der Waals surface area (Å²) in [4.78, 5) is 21.8. The smallest absolute Gasteiger partial charge is 0.340 e. The molecule has 15 heavy (non-hydrogen) atoms. The Kier molecular flexibility index (Phi) is 2.03. The van der Waals surface area contributed by atoms with Gasteiger partial charge >= 0.3 is 5.97 Å². The minimum atomic E-state index is -1.37. The lowest BCUT2D eigenvalue weighted by Crippen LogP contribution is -2.29. The van der Waals surface area contributed by atoms with Gasteiger partial charge in [-0.05, 0) is 12.1 Å². The molecule has 0 aliphatic carbocycles. The highest BCUT2D eigenvalue weighted by molar-refractivity contribution is 6.06. The van der Waals surface area contributed by atoms with Gasteiger partial charge in [-0.3, -0.25) is 4.79 Å². The minimum absolute atomic E-state index is 0.0588. The lowest BCUT2D eigenvalue weighted by Gasteiger charge is -2.20. The van der Waals surface area contributed by atoms with Gasteiger partial charge in [0.1, 0.15) is 11.4 Å². The highest BCUT2D eigenvalue weighted by atomic mass is 19.1. The first-order valence-corrected chi connectivity index (χ1v) is 4.19. The summed E-state index contributed by atoms with van der Waals surface area (Å²) in [6, 6.07) is 2.33. The Bertz CT molecular complexity index is 459. The molecule has 6 heteroatoms. The van der Waals surface area contributed by atoms with Crippen LogP contribution in [0.25, 0.3) is 0 Å². The first-order valence-electron chi connectivity index (χ1n) is 4.19. The van der Waals surface area contributed by atoms with Crippen molar-refractivity contribution in [3.63, 3.8) is 0 Å². The van der Waals surface area contributed by atoms with Crippen molar-refractivity contribution in [2.45, 2.75) is 0 Å². The predicted molar refractivity (Wildman–Crippen MR) is 50.5 cm³/mol. The summed E-state index contributed by atoms with van der Waals surface area (Å²) in [6.45, 7) is -0.0588. The van der Waals surface area contributed by atoms with Crippen LogP contribution in [0.5, 0.6) is 0 Å². The maximum Gasteiger partial charge on any atom is 0.340 e. The molecule has 0 atom stereocenters. The quantitative estimate of drug-likeness (QED) is 0.643. The fraction of sp³-hybridized carbons (Fsp3) is 0.111. The van der Waals surface area contributed by atoms with Gasteiger partial charge in [0.05, 0.1) is 17.9 Å². The Balaban J connectivity index is 2.60. The number of fused-ring (bicyclic) bond motifs is 1. The van der Waals surface area contributed by atoms with E-state index in [2.05, 4.69) is 10.6 Å². The van der Waals surface area contributed by atoms with Crippen molar-refractivity contribution in [1.29, 1.82) is 0 Å². The van der Waals surface area contributed by atoms with Crippen LogP contribution in [-0.2, 0) is 4.79 Å². The fourth-order valence-electron chi connectivity index (χ4n) is 1.44. The first kappa shape index (κ1) is 9.45. The van der Waals surface area contributed by atoms with E-state index >= 15 is 0 Å². The van der Waals surface area contributed by atoms with Crippen molar-refractivity contribution in [2.24, 2.45) is 0 Å². The topological polar surface area (TPSA) is 78.4 Å². The number of aromatic carboxylic acids is 1. The van der Waals surface area contributed by atoms with Crippen molar-refractivity contribution < 1.29 is 19.1 Å². The van der Waals surface area contributed by atoms with Gasteiger partial charge in [0, 0.05) is 0 Å². The average Bonchev–Trinajstić information content (AvgIpc) is 2.17. The number of carbonyl (C=O) groups excluding carboxylic acids is 1. The lowest BCUT2D eigenvalue weighted by molar-refractivity contribution is -0.114. The van der Waals surface area contributed by atoms with Crippen molar-refractivity contribution in [2.75, 3.05) is 17.2 Å². The van der Waals surface area contributed by atoms with Crippen LogP contribution >= 0.6 is 0 Å². The monoisotopic (exact) mass is 210 g/mol. The third kappa shape index (κ3) is 1.50. The summed E-state index contributed by atoms with van der Waals surface area (Å²) in [5.74, 6) is -2.48. The Labute approximate surface area is 83.9 Å².